The van der Waals surface area contributed by atoms with Gasteiger partial charge in [-0.1, -0.05) is 81.3 Å². The molecule has 1 fully saturated rings. The number of amides is 2. The standard InChI is InChI=1S/C34H41ClN2O8/c1-5-10-28-34(41)43-26(21(3)30-31(45-30)23-11-7-6-8-12-23)13-9-14-29(38)37-25(32(39)36-19-20(2)33(40)44-28)18-22-15-16-27(42-4)24(35)17-22/h6-9,11-12,14-17,20-21,25-26,28,30-31H,5,10,13,18-19H2,1-4H3,(H,36,39)(H,37,38)/b14-9+/t20-,21+,25-,26+,28?,30-,31-/m1/s1. The zero-order valence-corrected chi connectivity index (χ0v) is 26.8. The minimum atomic E-state index is -1.10. The van der Waals surface area contributed by atoms with Crippen molar-refractivity contribution in [3.8, 4) is 5.75 Å². The van der Waals surface area contributed by atoms with Crippen molar-refractivity contribution < 1.29 is 38.1 Å². The Labute approximate surface area is 268 Å². The van der Waals surface area contributed by atoms with Crippen LogP contribution in [0.15, 0.2) is 60.7 Å². The summed E-state index contributed by atoms with van der Waals surface area (Å²) in [5, 5.41) is 5.85. The van der Waals surface area contributed by atoms with Crippen molar-refractivity contribution in [3.63, 3.8) is 0 Å². The van der Waals surface area contributed by atoms with Crippen LogP contribution in [0.2, 0.25) is 5.02 Å². The molecule has 0 radical (unpaired) electrons. The van der Waals surface area contributed by atoms with Gasteiger partial charge in [0, 0.05) is 25.3 Å². The molecule has 2 aromatic rings. The predicted octanol–water partition coefficient (Wildman–Crippen LogP) is 4.49. The second kappa shape index (κ2) is 15.9. The number of methoxy groups -OCH3 is 1. The summed E-state index contributed by atoms with van der Waals surface area (Å²) < 4.78 is 22.8. The van der Waals surface area contributed by atoms with E-state index in [1.165, 1.54) is 13.2 Å². The molecule has 0 saturated carbocycles. The smallest absolute Gasteiger partial charge is 0.347 e. The van der Waals surface area contributed by atoms with Crippen molar-refractivity contribution in [1.82, 2.24) is 10.6 Å². The Morgan fingerprint density at radius 1 is 1.04 bits per heavy atom. The number of nitrogens with one attached hydrogen (secondary N) is 2. The second-order valence-electron chi connectivity index (χ2n) is 11.5. The first-order valence-electron chi connectivity index (χ1n) is 15.3. The van der Waals surface area contributed by atoms with E-state index in [0.717, 1.165) is 5.56 Å². The first-order chi connectivity index (χ1) is 21.6. The van der Waals surface area contributed by atoms with Crippen LogP contribution < -0.4 is 15.4 Å². The normalized spacial score (nSPS) is 27.8. The summed E-state index contributed by atoms with van der Waals surface area (Å²) in [7, 11) is 1.50. The molecule has 4 rings (SSSR count). The predicted molar refractivity (Wildman–Crippen MR) is 167 cm³/mol. The summed E-state index contributed by atoms with van der Waals surface area (Å²) in [5.74, 6) is -2.79. The average molecular weight is 641 g/mol. The third-order valence-corrected chi connectivity index (χ3v) is 8.30. The van der Waals surface area contributed by atoms with Crippen molar-refractivity contribution >= 4 is 35.4 Å². The van der Waals surface area contributed by atoms with E-state index in [0.29, 0.717) is 22.8 Å². The highest BCUT2D eigenvalue weighted by Gasteiger charge is 2.47. The molecule has 7 atom stereocenters. The van der Waals surface area contributed by atoms with Crippen LogP contribution in [0.3, 0.4) is 0 Å². The van der Waals surface area contributed by atoms with E-state index < -0.39 is 47.9 Å². The average Bonchev–Trinajstić information content (AvgIpc) is 3.83. The molecule has 2 N–H and O–H groups in total. The van der Waals surface area contributed by atoms with Crippen molar-refractivity contribution in [2.75, 3.05) is 13.7 Å². The van der Waals surface area contributed by atoms with Gasteiger partial charge >= 0.3 is 11.9 Å². The van der Waals surface area contributed by atoms with Gasteiger partial charge in [-0.05, 0) is 35.8 Å². The summed E-state index contributed by atoms with van der Waals surface area (Å²) in [6.45, 7) is 5.35. The van der Waals surface area contributed by atoms with Crippen LogP contribution in [0.1, 0.15) is 57.3 Å². The molecule has 1 saturated heterocycles. The molecule has 0 spiro atoms. The van der Waals surface area contributed by atoms with E-state index in [2.05, 4.69) is 10.6 Å². The van der Waals surface area contributed by atoms with E-state index in [1.807, 2.05) is 44.2 Å². The molecule has 0 aliphatic carbocycles. The lowest BCUT2D eigenvalue weighted by Crippen LogP contribution is -2.49. The van der Waals surface area contributed by atoms with Gasteiger partial charge in [-0.3, -0.25) is 14.4 Å². The third kappa shape index (κ3) is 9.31. The molecule has 2 aliphatic rings. The number of hydrogen-bond donors (Lipinski definition) is 2. The maximum Gasteiger partial charge on any atom is 0.347 e. The number of epoxide rings is 1. The van der Waals surface area contributed by atoms with Gasteiger partial charge in [-0.2, -0.15) is 0 Å². The minimum Gasteiger partial charge on any atom is -0.495 e. The number of cyclic esters (lactones) is 2. The minimum absolute atomic E-state index is 0.0588. The molecule has 2 amide bonds. The number of carbonyl (C=O) groups excluding carboxylic acids is 4. The van der Waals surface area contributed by atoms with Crippen molar-refractivity contribution in [1.29, 1.82) is 0 Å². The van der Waals surface area contributed by atoms with Gasteiger partial charge in [0.05, 0.1) is 24.2 Å². The van der Waals surface area contributed by atoms with Crippen LogP contribution in [-0.4, -0.2) is 61.8 Å². The van der Waals surface area contributed by atoms with Gasteiger partial charge in [-0.25, -0.2) is 4.79 Å². The number of rotatable bonds is 8. The molecular weight excluding hydrogens is 600 g/mol. The van der Waals surface area contributed by atoms with Crippen LogP contribution in [0, 0.1) is 11.8 Å². The molecule has 0 bridgehead atoms. The highest BCUT2D eigenvalue weighted by Crippen LogP contribution is 2.45. The van der Waals surface area contributed by atoms with Crippen LogP contribution in [0.4, 0.5) is 0 Å². The summed E-state index contributed by atoms with van der Waals surface area (Å²) in [6.07, 6.45) is 2.04. The molecule has 2 aliphatic heterocycles. The SMILES string of the molecule is CCCC1OC(=O)[C@H](C)CNC(=O)[C@@H](Cc2ccc(OC)c(Cl)c2)NC(=O)/C=C/C[C@@H]([C@H](C)[C@H]2O[C@@H]2c2ccccc2)OC1=O. The lowest BCUT2D eigenvalue weighted by Gasteiger charge is -2.26. The maximum atomic E-state index is 13.3. The van der Waals surface area contributed by atoms with Crippen molar-refractivity contribution in [3.05, 3.63) is 76.8 Å². The molecule has 2 heterocycles. The van der Waals surface area contributed by atoms with Gasteiger partial charge in [0.25, 0.3) is 0 Å². The van der Waals surface area contributed by atoms with Gasteiger partial charge < -0.3 is 29.6 Å². The fraction of sp³-hybridized carbons (Fsp3) is 0.471. The van der Waals surface area contributed by atoms with Crippen LogP contribution in [-0.2, 0) is 39.8 Å². The van der Waals surface area contributed by atoms with E-state index in [9.17, 15) is 19.2 Å². The molecule has 242 valence electrons. The topological polar surface area (TPSA) is 133 Å². The van der Waals surface area contributed by atoms with E-state index >= 15 is 0 Å². The van der Waals surface area contributed by atoms with Gasteiger partial charge in [0.15, 0.2) is 6.10 Å². The van der Waals surface area contributed by atoms with Gasteiger partial charge in [0.1, 0.15) is 24.0 Å². The van der Waals surface area contributed by atoms with E-state index in [4.69, 9.17) is 30.5 Å². The summed E-state index contributed by atoms with van der Waals surface area (Å²) >= 11 is 6.29. The second-order valence-corrected chi connectivity index (χ2v) is 11.9. The van der Waals surface area contributed by atoms with E-state index in [1.54, 1.807) is 31.2 Å². The zero-order valence-electron chi connectivity index (χ0n) is 26.0. The Kier molecular flexibility index (Phi) is 12.0. The number of benzene rings is 2. The number of esters is 2. The maximum absolute atomic E-state index is 13.3. The number of ether oxygens (including phenoxy) is 4. The monoisotopic (exact) mass is 640 g/mol. The molecule has 10 nitrogen and oxygen atoms in total. The van der Waals surface area contributed by atoms with Gasteiger partial charge in [0.2, 0.25) is 11.8 Å². The fourth-order valence-electron chi connectivity index (χ4n) is 5.26. The number of halogens is 1. The lowest BCUT2D eigenvalue weighted by atomic mass is 9.93. The molecule has 2 aromatic carbocycles. The highest BCUT2D eigenvalue weighted by molar-refractivity contribution is 6.32. The number of carbonyl (C=O) groups is 4. The molecular formula is C34H41ClN2O8. The van der Waals surface area contributed by atoms with Crippen molar-refractivity contribution in [2.45, 2.75) is 76.9 Å². The van der Waals surface area contributed by atoms with Crippen LogP contribution in [0.5, 0.6) is 5.75 Å². The summed E-state index contributed by atoms with van der Waals surface area (Å²) in [6, 6.07) is 13.9. The molecule has 1 unspecified atom stereocenters. The Hall–Kier alpha value is -3.89. The largest absolute Gasteiger partial charge is 0.495 e. The summed E-state index contributed by atoms with van der Waals surface area (Å²) in [4.78, 5) is 52.6. The zero-order chi connectivity index (χ0) is 32.5. The first kappa shape index (κ1) is 34.0. The Morgan fingerprint density at radius 3 is 2.49 bits per heavy atom. The van der Waals surface area contributed by atoms with Crippen LogP contribution >= 0.6 is 11.6 Å². The third-order valence-electron chi connectivity index (χ3n) is 8.01. The Bertz CT molecular complexity index is 1380. The molecule has 45 heavy (non-hydrogen) atoms. The van der Waals surface area contributed by atoms with E-state index in [-0.39, 0.29) is 43.9 Å². The number of hydrogen-bond acceptors (Lipinski definition) is 8. The Balaban J connectivity index is 1.56. The first-order valence-corrected chi connectivity index (χ1v) is 15.7. The summed E-state index contributed by atoms with van der Waals surface area (Å²) in [5.41, 5.74) is 1.73. The molecule has 11 heteroatoms. The Morgan fingerprint density at radius 2 is 1.80 bits per heavy atom. The lowest BCUT2D eigenvalue weighted by molar-refractivity contribution is -0.175. The van der Waals surface area contributed by atoms with Crippen molar-refractivity contribution in [2.24, 2.45) is 11.8 Å². The van der Waals surface area contributed by atoms with Crippen LogP contribution in [0.25, 0.3) is 0 Å². The quantitative estimate of drug-likeness (QED) is 0.319. The van der Waals surface area contributed by atoms with Gasteiger partial charge in [-0.15, -0.1) is 0 Å². The fourth-order valence-corrected chi connectivity index (χ4v) is 5.54. The molecule has 0 aromatic heterocycles. The highest BCUT2D eigenvalue weighted by atomic mass is 35.5.